The Hall–Kier alpha value is -0.700. The van der Waals surface area contributed by atoms with Crippen LogP contribution in [0.1, 0.15) is 77.6 Å². The molecule has 0 heterocycles. The van der Waals surface area contributed by atoms with Gasteiger partial charge in [-0.15, -0.1) is 12.5 Å². The number of rotatable bonds is 4. The predicted octanol–water partition coefficient (Wildman–Crippen LogP) is 5.98. The van der Waals surface area contributed by atoms with Crippen molar-refractivity contribution in [3.05, 3.63) is 12.7 Å². The van der Waals surface area contributed by atoms with Crippen molar-refractivity contribution in [2.75, 3.05) is 0 Å². The second-order valence-corrected chi connectivity index (χ2v) is 6.93. The van der Waals surface area contributed by atoms with Crippen LogP contribution in [-0.4, -0.2) is 0 Å². The van der Waals surface area contributed by atoms with Crippen molar-refractivity contribution >= 4 is 0 Å². The first-order valence-corrected chi connectivity index (χ1v) is 8.92. The highest BCUT2D eigenvalue weighted by Gasteiger charge is 2.30. The summed E-state index contributed by atoms with van der Waals surface area (Å²) >= 11 is 0. The molecular formula is C20H32. The molecule has 0 unspecified atom stereocenters. The van der Waals surface area contributed by atoms with Crippen LogP contribution in [0.4, 0.5) is 0 Å². The first-order chi connectivity index (χ1) is 9.83. The molecule has 0 atom stereocenters. The summed E-state index contributed by atoms with van der Waals surface area (Å²) in [4.78, 5) is 0. The minimum Gasteiger partial charge on any atom is -0.103 e. The van der Waals surface area contributed by atoms with Crippen LogP contribution in [0.15, 0.2) is 12.7 Å². The molecule has 0 spiro atoms. The van der Waals surface area contributed by atoms with Gasteiger partial charge in [0.25, 0.3) is 0 Å². The molecule has 2 aliphatic rings. The molecule has 0 aromatic carbocycles. The standard InChI is InChI=1S/C20H32/c1-3-5-7-17-9-13-19(14-10-17)20-15-11-18(12-16-20)8-6-4-2/h3,17-20H,1,4-5,7,9-16H2,2H3/t17-,18-,19-,20-. The summed E-state index contributed by atoms with van der Waals surface area (Å²) in [5.41, 5.74) is 0. The van der Waals surface area contributed by atoms with Gasteiger partial charge in [0.1, 0.15) is 0 Å². The zero-order valence-corrected chi connectivity index (χ0v) is 13.4. The van der Waals surface area contributed by atoms with Crippen molar-refractivity contribution < 1.29 is 0 Å². The van der Waals surface area contributed by atoms with E-state index in [4.69, 9.17) is 0 Å². The summed E-state index contributed by atoms with van der Waals surface area (Å²) in [5, 5.41) is 0. The van der Waals surface area contributed by atoms with Gasteiger partial charge in [0.15, 0.2) is 0 Å². The first-order valence-electron chi connectivity index (χ1n) is 8.92. The van der Waals surface area contributed by atoms with E-state index in [9.17, 15) is 0 Å². The molecule has 0 nitrogen and oxygen atoms in total. The van der Waals surface area contributed by atoms with Crippen molar-refractivity contribution in [2.24, 2.45) is 23.7 Å². The quantitative estimate of drug-likeness (QED) is 0.436. The Balaban J connectivity index is 1.69. The third-order valence-corrected chi connectivity index (χ3v) is 5.59. The van der Waals surface area contributed by atoms with E-state index in [-0.39, 0.29) is 0 Å². The fourth-order valence-corrected chi connectivity index (χ4v) is 4.28. The molecule has 2 aliphatic carbocycles. The van der Waals surface area contributed by atoms with E-state index < -0.39 is 0 Å². The van der Waals surface area contributed by atoms with E-state index in [1.807, 2.05) is 0 Å². The second-order valence-electron chi connectivity index (χ2n) is 6.93. The molecule has 112 valence electrons. The Morgan fingerprint density at radius 2 is 1.55 bits per heavy atom. The van der Waals surface area contributed by atoms with E-state index in [0.717, 1.165) is 30.1 Å². The fraction of sp³-hybridized carbons (Fsp3) is 0.800. The monoisotopic (exact) mass is 272 g/mol. The Labute approximate surface area is 126 Å². The third kappa shape index (κ3) is 4.69. The Morgan fingerprint density at radius 3 is 2.10 bits per heavy atom. The maximum absolute atomic E-state index is 3.85. The van der Waals surface area contributed by atoms with Gasteiger partial charge in [0.05, 0.1) is 0 Å². The van der Waals surface area contributed by atoms with Crippen molar-refractivity contribution in [3.63, 3.8) is 0 Å². The third-order valence-electron chi connectivity index (χ3n) is 5.59. The van der Waals surface area contributed by atoms with Gasteiger partial charge >= 0.3 is 0 Å². The summed E-state index contributed by atoms with van der Waals surface area (Å²) in [6.45, 7) is 6.01. The summed E-state index contributed by atoms with van der Waals surface area (Å²) in [6, 6.07) is 0. The maximum Gasteiger partial charge on any atom is 0.0203 e. The van der Waals surface area contributed by atoms with E-state index in [1.54, 1.807) is 0 Å². The van der Waals surface area contributed by atoms with Gasteiger partial charge in [-0.2, -0.15) is 0 Å². The summed E-state index contributed by atoms with van der Waals surface area (Å²) in [5.74, 6) is 10.5. The summed E-state index contributed by atoms with van der Waals surface area (Å²) in [6.07, 6.45) is 17.3. The van der Waals surface area contributed by atoms with E-state index >= 15 is 0 Å². The fourth-order valence-electron chi connectivity index (χ4n) is 4.28. The molecule has 0 aromatic rings. The highest BCUT2D eigenvalue weighted by atomic mass is 14.3. The zero-order valence-electron chi connectivity index (χ0n) is 13.4. The molecule has 0 aliphatic heterocycles. The SMILES string of the molecule is C=CCC[C@H]1CC[C@H]([C@H]2CC[C@H](C#CCC)CC2)CC1. The van der Waals surface area contributed by atoms with Crippen LogP contribution in [0.5, 0.6) is 0 Å². The molecular weight excluding hydrogens is 240 g/mol. The molecule has 0 aromatic heterocycles. The number of hydrogen-bond donors (Lipinski definition) is 0. The highest BCUT2D eigenvalue weighted by Crippen LogP contribution is 2.42. The Kier molecular flexibility index (Phi) is 6.71. The van der Waals surface area contributed by atoms with Gasteiger partial charge in [-0.1, -0.05) is 31.8 Å². The zero-order chi connectivity index (χ0) is 14.2. The summed E-state index contributed by atoms with van der Waals surface area (Å²) in [7, 11) is 0. The van der Waals surface area contributed by atoms with Crippen LogP contribution in [0.2, 0.25) is 0 Å². The highest BCUT2D eigenvalue weighted by molar-refractivity contribution is 5.04. The smallest absolute Gasteiger partial charge is 0.0203 e. The van der Waals surface area contributed by atoms with Crippen molar-refractivity contribution in [1.82, 2.24) is 0 Å². The van der Waals surface area contributed by atoms with E-state index in [2.05, 4.69) is 31.4 Å². The molecule has 0 amide bonds. The van der Waals surface area contributed by atoms with Crippen LogP contribution < -0.4 is 0 Å². The molecule has 20 heavy (non-hydrogen) atoms. The Morgan fingerprint density at radius 1 is 0.950 bits per heavy atom. The lowest BCUT2D eigenvalue weighted by Crippen LogP contribution is -2.25. The van der Waals surface area contributed by atoms with Crippen LogP contribution in [0.3, 0.4) is 0 Å². The van der Waals surface area contributed by atoms with Crippen LogP contribution in [-0.2, 0) is 0 Å². The van der Waals surface area contributed by atoms with Crippen molar-refractivity contribution in [2.45, 2.75) is 77.6 Å². The van der Waals surface area contributed by atoms with Gasteiger partial charge in [0.2, 0.25) is 0 Å². The van der Waals surface area contributed by atoms with Gasteiger partial charge in [-0.3, -0.25) is 0 Å². The Bertz CT molecular complexity index is 327. The molecule has 0 N–H and O–H groups in total. The van der Waals surface area contributed by atoms with Crippen molar-refractivity contribution in [3.8, 4) is 11.8 Å². The van der Waals surface area contributed by atoms with Gasteiger partial charge in [-0.05, 0) is 69.1 Å². The lowest BCUT2D eigenvalue weighted by molar-refractivity contribution is 0.154. The maximum atomic E-state index is 3.85. The topological polar surface area (TPSA) is 0 Å². The average Bonchev–Trinajstić information content (AvgIpc) is 2.52. The largest absolute Gasteiger partial charge is 0.103 e. The molecule has 0 radical (unpaired) electrons. The normalized spacial score (nSPS) is 34.0. The van der Waals surface area contributed by atoms with Crippen LogP contribution in [0, 0.1) is 35.5 Å². The molecule has 0 saturated heterocycles. The first kappa shape index (κ1) is 15.7. The lowest BCUT2D eigenvalue weighted by Gasteiger charge is -2.37. The second kappa shape index (κ2) is 8.56. The molecule has 2 fully saturated rings. The van der Waals surface area contributed by atoms with Crippen LogP contribution >= 0.6 is 0 Å². The average molecular weight is 272 g/mol. The minimum absolute atomic E-state index is 0.718. The summed E-state index contributed by atoms with van der Waals surface area (Å²) < 4.78 is 0. The number of allylic oxidation sites excluding steroid dienone is 1. The van der Waals surface area contributed by atoms with Crippen LogP contribution in [0.25, 0.3) is 0 Å². The lowest BCUT2D eigenvalue weighted by atomic mass is 9.69. The van der Waals surface area contributed by atoms with Gasteiger partial charge < -0.3 is 0 Å². The molecule has 0 heteroatoms. The molecule has 0 bridgehead atoms. The molecule has 2 saturated carbocycles. The van der Waals surface area contributed by atoms with Gasteiger partial charge in [0, 0.05) is 12.3 Å². The van der Waals surface area contributed by atoms with Gasteiger partial charge in [-0.25, -0.2) is 0 Å². The molecule has 2 rings (SSSR count). The predicted molar refractivity (Wildman–Crippen MR) is 88.4 cm³/mol. The van der Waals surface area contributed by atoms with E-state index in [1.165, 1.54) is 64.2 Å². The number of hydrogen-bond acceptors (Lipinski definition) is 0. The van der Waals surface area contributed by atoms with E-state index in [0.29, 0.717) is 0 Å². The minimum atomic E-state index is 0.718. The van der Waals surface area contributed by atoms with Crippen molar-refractivity contribution in [1.29, 1.82) is 0 Å².